The van der Waals surface area contributed by atoms with Gasteiger partial charge in [0, 0.05) is 36.4 Å². The van der Waals surface area contributed by atoms with Gasteiger partial charge in [-0.25, -0.2) is 18.4 Å². The van der Waals surface area contributed by atoms with Crippen molar-refractivity contribution in [2.45, 2.75) is 23.4 Å². The maximum absolute atomic E-state index is 13.3. The third-order valence-electron chi connectivity index (χ3n) is 5.42. The van der Waals surface area contributed by atoms with Gasteiger partial charge < -0.3 is 14.2 Å². The number of aromatic nitrogens is 2. The molecule has 0 saturated carbocycles. The quantitative estimate of drug-likeness (QED) is 0.454. The highest BCUT2D eigenvalue weighted by Crippen LogP contribution is 2.44. The topological polar surface area (TPSA) is 99.6 Å². The molecule has 12 heteroatoms. The van der Waals surface area contributed by atoms with Crippen LogP contribution >= 0.6 is 0 Å². The Morgan fingerprint density at radius 1 is 1.11 bits per heavy atom. The van der Waals surface area contributed by atoms with Crippen LogP contribution in [0, 0.1) is 0 Å². The van der Waals surface area contributed by atoms with Crippen LogP contribution in [0.2, 0.25) is 0 Å². The van der Waals surface area contributed by atoms with Gasteiger partial charge in [-0.15, -0.1) is 0 Å². The molecule has 1 N–H and O–H groups in total. The molecule has 186 valence electrons. The Morgan fingerprint density at radius 2 is 1.91 bits per heavy atom. The highest BCUT2D eigenvalue weighted by molar-refractivity contribution is 7.92. The average molecular weight is 510 g/mol. The smallest absolute Gasteiger partial charge is 0.416 e. The number of nitrogens with zero attached hydrogens (tertiary/aromatic N) is 2. The largest absolute Gasteiger partial charge is 0.493 e. The lowest BCUT2D eigenvalue weighted by Gasteiger charge is -2.28. The zero-order valence-electron chi connectivity index (χ0n) is 18.6. The number of anilines is 1. The average Bonchev–Trinajstić information content (AvgIpc) is 2.83. The minimum absolute atomic E-state index is 0.0421. The van der Waals surface area contributed by atoms with E-state index in [2.05, 4.69) is 14.7 Å². The molecule has 8 nitrogen and oxygen atoms in total. The van der Waals surface area contributed by atoms with Crippen LogP contribution in [0.4, 0.5) is 19.0 Å². The number of alkyl halides is 3. The monoisotopic (exact) mass is 509 g/mol. The lowest BCUT2D eigenvalue weighted by Crippen LogP contribution is -2.19. The second kappa shape index (κ2) is 10.1. The zero-order chi connectivity index (χ0) is 25.1. The van der Waals surface area contributed by atoms with Crippen LogP contribution in [0.5, 0.6) is 11.5 Å². The molecule has 1 atom stereocenters. The molecule has 1 aliphatic rings. The molecular formula is C23H22F3N3O5S. The lowest BCUT2D eigenvalue weighted by molar-refractivity contribution is -0.137. The van der Waals surface area contributed by atoms with Gasteiger partial charge in [-0.05, 0) is 30.7 Å². The fraction of sp³-hybridized carbons (Fsp3) is 0.304. The van der Waals surface area contributed by atoms with Crippen molar-refractivity contribution in [2.75, 3.05) is 31.7 Å². The van der Waals surface area contributed by atoms with Gasteiger partial charge in [-0.2, -0.15) is 13.2 Å². The first-order valence-corrected chi connectivity index (χ1v) is 12.1. The van der Waals surface area contributed by atoms with E-state index in [-0.39, 0.29) is 42.2 Å². The Bertz CT molecular complexity index is 1290. The van der Waals surface area contributed by atoms with E-state index in [4.69, 9.17) is 14.2 Å². The highest BCUT2D eigenvalue weighted by atomic mass is 32.2. The molecule has 0 saturated heterocycles. The molecule has 0 spiro atoms. The van der Waals surface area contributed by atoms with Gasteiger partial charge in [0.2, 0.25) is 0 Å². The van der Waals surface area contributed by atoms with E-state index in [0.717, 1.165) is 12.1 Å². The molecule has 0 aliphatic carbocycles. The molecule has 3 aromatic rings. The summed E-state index contributed by atoms with van der Waals surface area (Å²) in [5, 5.41) is 0. The Morgan fingerprint density at radius 3 is 2.63 bits per heavy atom. The van der Waals surface area contributed by atoms with Crippen LogP contribution in [-0.4, -0.2) is 45.3 Å². The SMILES string of the molecule is COCCOc1cc(C(F)(F)F)ccc1C1CCOc2cc(S(=O)(=O)Nc3ccncn3)ccc21. The summed E-state index contributed by atoms with van der Waals surface area (Å²) >= 11 is 0. The zero-order valence-corrected chi connectivity index (χ0v) is 19.4. The number of ether oxygens (including phenoxy) is 3. The van der Waals surface area contributed by atoms with Gasteiger partial charge in [0.25, 0.3) is 10.0 Å². The maximum atomic E-state index is 13.3. The van der Waals surface area contributed by atoms with Crippen LogP contribution in [0.1, 0.15) is 29.0 Å². The number of benzene rings is 2. The van der Waals surface area contributed by atoms with Gasteiger partial charge in [0.15, 0.2) is 0 Å². The van der Waals surface area contributed by atoms with E-state index in [1.807, 2.05) is 0 Å². The number of nitrogens with one attached hydrogen (secondary N) is 1. The minimum Gasteiger partial charge on any atom is -0.493 e. The van der Waals surface area contributed by atoms with E-state index in [0.29, 0.717) is 23.3 Å². The molecular weight excluding hydrogens is 487 g/mol. The van der Waals surface area contributed by atoms with Crippen molar-refractivity contribution in [1.82, 2.24) is 9.97 Å². The Labute approximate surface area is 200 Å². The molecule has 1 unspecified atom stereocenters. The van der Waals surface area contributed by atoms with Crippen LogP contribution in [-0.2, 0) is 20.9 Å². The molecule has 1 aliphatic heterocycles. The molecule has 35 heavy (non-hydrogen) atoms. The lowest BCUT2D eigenvalue weighted by atomic mass is 9.85. The van der Waals surface area contributed by atoms with Crippen LogP contribution in [0.15, 0.2) is 59.9 Å². The van der Waals surface area contributed by atoms with Crippen molar-refractivity contribution < 1.29 is 35.8 Å². The Kier molecular flexibility index (Phi) is 7.13. The number of halogens is 3. The van der Waals surface area contributed by atoms with Gasteiger partial charge in [0.1, 0.15) is 30.3 Å². The Balaban J connectivity index is 1.68. The van der Waals surface area contributed by atoms with Crippen molar-refractivity contribution in [3.05, 3.63) is 71.7 Å². The molecule has 0 bridgehead atoms. The van der Waals surface area contributed by atoms with Gasteiger partial charge in [0.05, 0.1) is 23.7 Å². The summed E-state index contributed by atoms with van der Waals surface area (Å²) in [6, 6.07) is 9.21. The molecule has 1 aromatic heterocycles. The summed E-state index contributed by atoms with van der Waals surface area (Å²) in [5.41, 5.74) is 0.375. The molecule has 0 fully saturated rings. The summed E-state index contributed by atoms with van der Waals surface area (Å²) in [6.07, 6.45) is -1.42. The van der Waals surface area contributed by atoms with Gasteiger partial charge in [-0.3, -0.25) is 4.72 Å². The second-order valence-electron chi connectivity index (χ2n) is 7.68. The van der Waals surface area contributed by atoms with Crippen LogP contribution < -0.4 is 14.2 Å². The normalized spacial score (nSPS) is 15.7. The first kappa shape index (κ1) is 24.7. The molecule has 0 amide bonds. The number of fused-ring (bicyclic) bond motifs is 1. The number of hydrogen-bond donors (Lipinski definition) is 1. The number of methoxy groups -OCH3 is 1. The summed E-state index contributed by atoms with van der Waals surface area (Å²) in [4.78, 5) is 7.56. The van der Waals surface area contributed by atoms with Gasteiger partial charge >= 0.3 is 6.18 Å². The minimum atomic E-state index is -4.52. The number of sulfonamides is 1. The predicted molar refractivity (Wildman–Crippen MR) is 120 cm³/mol. The van der Waals surface area contributed by atoms with Crippen molar-refractivity contribution in [3.8, 4) is 11.5 Å². The van der Waals surface area contributed by atoms with Gasteiger partial charge in [-0.1, -0.05) is 12.1 Å². The summed E-state index contributed by atoms with van der Waals surface area (Å²) < 4.78 is 84.2. The summed E-state index contributed by atoms with van der Waals surface area (Å²) in [5.74, 6) is 0.177. The highest BCUT2D eigenvalue weighted by Gasteiger charge is 2.33. The van der Waals surface area contributed by atoms with Crippen LogP contribution in [0.3, 0.4) is 0 Å². The van der Waals surface area contributed by atoms with Crippen molar-refractivity contribution in [3.63, 3.8) is 0 Å². The number of hydrogen-bond acceptors (Lipinski definition) is 7. The van der Waals surface area contributed by atoms with E-state index in [1.54, 1.807) is 6.07 Å². The summed E-state index contributed by atoms with van der Waals surface area (Å²) in [7, 11) is -2.49. The molecule has 2 aromatic carbocycles. The second-order valence-corrected chi connectivity index (χ2v) is 9.36. The fourth-order valence-corrected chi connectivity index (χ4v) is 4.79. The number of rotatable bonds is 8. The van der Waals surface area contributed by atoms with Crippen LogP contribution in [0.25, 0.3) is 0 Å². The molecule has 4 rings (SSSR count). The van der Waals surface area contributed by atoms with Crippen molar-refractivity contribution >= 4 is 15.8 Å². The molecule has 2 heterocycles. The van der Waals surface area contributed by atoms with E-state index < -0.39 is 21.8 Å². The first-order valence-electron chi connectivity index (χ1n) is 10.6. The van der Waals surface area contributed by atoms with Crippen molar-refractivity contribution in [1.29, 1.82) is 0 Å². The Hall–Kier alpha value is -3.38. The summed E-state index contributed by atoms with van der Waals surface area (Å²) in [6.45, 7) is 0.534. The third-order valence-corrected chi connectivity index (χ3v) is 6.77. The fourth-order valence-electron chi connectivity index (χ4n) is 3.77. The predicted octanol–water partition coefficient (Wildman–Crippen LogP) is 4.24. The molecule has 0 radical (unpaired) electrons. The maximum Gasteiger partial charge on any atom is 0.416 e. The van der Waals surface area contributed by atoms with E-state index in [9.17, 15) is 21.6 Å². The van der Waals surface area contributed by atoms with Crippen molar-refractivity contribution in [2.24, 2.45) is 0 Å². The first-order chi connectivity index (χ1) is 16.7. The standard InChI is InChI=1S/C23H22F3N3O5S/c1-32-10-11-34-20-12-15(23(24,25)26)2-4-18(20)17-7-9-33-21-13-16(3-5-19(17)21)35(30,31)29-22-6-8-27-14-28-22/h2-6,8,12-14,17H,7,9-11H2,1H3,(H,27,28,29). The van der Waals surface area contributed by atoms with E-state index in [1.165, 1.54) is 43.9 Å². The third kappa shape index (κ3) is 5.65. The van der Waals surface area contributed by atoms with E-state index >= 15 is 0 Å².